The molecular weight excluding hydrogens is 349 g/mol. The van der Waals surface area contributed by atoms with Crippen molar-refractivity contribution in [3.63, 3.8) is 0 Å². The van der Waals surface area contributed by atoms with Gasteiger partial charge < -0.3 is 14.8 Å². The van der Waals surface area contributed by atoms with E-state index in [0.29, 0.717) is 39.0 Å². The van der Waals surface area contributed by atoms with Crippen LogP contribution >= 0.6 is 0 Å². The second kappa shape index (κ2) is 8.16. The summed E-state index contributed by atoms with van der Waals surface area (Å²) in [5.41, 5.74) is 0.609. The number of hydrogen-bond donors (Lipinski definition) is 1. The second-order valence-corrected chi connectivity index (χ2v) is 6.52. The van der Waals surface area contributed by atoms with Crippen LogP contribution in [0, 0.1) is 5.82 Å². The summed E-state index contributed by atoms with van der Waals surface area (Å²) < 4.78 is 13.9. The van der Waals surface area contributed by atoms with Crippen LogP contribution in [0.2, 0.25) is 0 Å². The maximum atomic E-state index is 13.9. The summed E-state index contributed by atoms with van der Waals surface area (Å²) in [5, 5.41) is 0. The van der Waals surface area contributed by atoms with Crippen molar-refractivity contribution in [2.24, 2.45) is 0 Å². The molecule has 1 aliphatic heterocycles. The van der Waals surface area contributed by atoms with E-state index in [4.69, 9.17) is 0 Å². The topological polar surface area (TPSA) is 73.5 Å². The number of amides is 2. The molecule has 1 saturated heterocycles. The Morgan fingerprint density at radius 3 is 2.30 bits per heavy atom. The Morgan fingerprint density at radius 2 is 1.67 bits per heavy atom. The van der Waals surface area contributed by atoms with Gasteiger partial charge in [-0.25, -0.2) is 4.39 Å². The van der Waals surface area contributed by atoms with E-state index in [9.17, 15) is 18.8 Å². The third-order valence-electron chi connectivity index (χ3n) is 4.78. The lowest BCUT2D eigenvalue weighted by molar-refractivity contribution is 0.0715. The lowest BCUT2D eigenvalue weighted by atomic mass is 10.1. The Labute approximate surface area is 156 Å². The van der Waals surface area contributed by atoms with Crippen molar-refractivity contribution in [2.75, 3.05) is 26.2 Å². The van der Waals surface area contributed by atoms with Gasteiger partial charge in [-0.05, 0) is 36.6 Å². The number of hydrogen-bond acceptors (Lipinski definition) is 3. The third kappa shape index (κ3) is 4.07. The van der Waals surface area contributed by atoms with Crippen LogP contribution in [-0.2, 0) is 6.42 Å². The fraction of sp³-hybridized carbons (Fsp3) is 0.350. The molecule has 3 rings (SSSR count). The number of pyridine rings is 1. The van der Waals surface area contributed by atoms with Gasteiger partial charge in [-0.15, -0.1) is 0 Å². The van der Waals surface area contributed by atoms with Crippen LogP contribution in [0.3, 0.4) is 0 Å². The van der Waals surface area contributed by atoms with Gasteiger partial charge in [0.15, 0.2) is 0 Å². The minimum atomic E-state index is -0.553. The number of nitrogens with zero attached hydrogens (tertiary/aromatic N) is 2. The van der Waals surface area contributed by atoms with E-state index in [-0.39, 0.29) is 22.9 Å². The van der Waals surface area contributed by atoms with Gasteiger partial charge in [-0.3, -0.25) is 14.4 Å². The lowest BCUT2D eigenvalue weighted by Gasteiger charge is -2.22. The molecule has 0 atom stereocenters. The van der Waals surface area contributed by atoms with Crippen LogP contribution in [0.15, 0.2) is 41.3 Å². The number of rotatable bonds is 3. The van der Waals surface area contributed by atoms with Crippen LogP contribution in [0.25, 0.3) is 0 Å². The molecule has 1 aromatic heterocycles. The van der Waals surface area contributed by atoms with Crippen molar-refractivity contribution < 1.29 is 14.0 Å². The number of nitrogens with one attached hydrogen (secondary N) is 1. The monoisotopic (exact) mass is 371 g/mol. The van der Waals surface area contributed by atoms with E-state index in [2.05, 4.69) is 4.98 Å². The molecule has 6 nitrogen and oxygen atoms in total. The van der Waals surface area contributed by atoms with Crippen LogP contribution in [0.1, 0.15) is 39.6 Å². The standard InChI is InChI=1S/C20H22FN3O3/c1-2-14-12-16(18(25)22-13-14)20(27)24-9-5-8-23(10-11-24)19(26)15-6-3-4-7-17(15)21/h3-4,6-7,12-13H,2,5,8-11H2,1H3,(H,22,25). The zero-order chi connectivity index (χ0) is 19.4. The van der Waals surface area contributed by atoms with Gasteiger partial charge >= 0.3 is 0 Å². The first-order chi connectivity index (χ1) is 13.0. The van der Waals surface area contributed by atoms with Crippen molar-refractivity contribution in [1.29, 1.82) is 0 Å². The summed E-state index contributed by atoms with van der Waals surface area (Å²) in [7, 11) is 0. The molecule has 7 heteroatoms. The average molecular weight is 371 g/mol. The van der Waals surface area contributed by atoms with Gasteiger partial charge in [0.05, 0.1) is 5.56 Å². The zero-order valence-corrected chi connectivity index (χ0v) is 15.2. The molecule has 0 radical (unpaired) electrons. The van der Waals surface area contributed by atoms with Gasteiger partial charge in [0.1, 0.15) is 11.4 Å². The van der Waals surface area contributed by atoms with E-state index in [0.717, 1.165) is 5.56 Å². The van der Waals surface area contributed by atoms with Crippen molar-refractivity contribution in [2.45, 2.75) is 19.8 Å². The zero-order valence-electron chi connectivity index (χ0n) is 15.2. The Bertz CT molecular complexity index is 909. The molecule has 0 spiro atoms. The summed E-state index contributed by atoms with van der Waals surface area (Å²) in [6, 6.07) is 7.50. The smallest absolute Gasteiger partial charge is 0.260 e. The number of aromatic amines is 1. The fourth-order valence-corrected chi connectivity index (χ4v) is 3.19. The average Bonchev–Trinajstić information content (AvgIpc) is 2.94. The van der Waals surface area contributed by atoms with Crippen molar-refractivity contribution in [3.8, 4) is 0 Å². The van der Waals surface area contributed by atoms with Gasteiger partial charge in [0, 0.05) is 32.4 Å². The first-order valence-corrected chi connectivity index (χ1v) is 9.06. The number of aromatic nitrogens is 1. The SMILES string of the molecule is CCc1c[nH]c(=O)c(C(=O)N2CCCN(C(=O)c3ccccc3F)CC2)c1. The quantitative estimate of drug-likeness (QED) is 0.898. The Morgan fingerprint density at radius 1 is 1.04 bits per heavy atom. The highest BCUT2D eigenvalue weighted by molar-refractivity contribution is 5.95. The van der Waals surface area contributed by atoms with Crippen LogP contribution < -0.4 is 5.56 Å². The normalized spacial score (nSPS) is 14.7. The first kappa shape index (κ1) is 18.8. The number of H-pyrrole nitrogens is 1. The Kier molecular flexibility index (Phi) is 5.69. The van der Waals surface area contributed by atoms with Gasteiger partial charge in [0.2, 0.25) is 0 Å². The third-order valence-corrected chi connectivity index (χ3v) is 4.78. The molecule has 0 aliphatic carbocycles. The molecule has 1 fully saturated rings. The minimum Gasteiger partial charge on any atom is -0.337 e. The molecule has 1 aliphatic rings. The van der Waals surface area contributed by atoms with E-state index in [1.807, 2.05) is 6.92 Å². The first-order valence-electron chi connectivity index (χ1n) is 9.06. The summed E-state index contributed by atoms with van der Waals surface area (Å²) in [6.07, 6.45) is 2.88. The van der Waals surface area contributed by atoms with E-state index < -0.39 is 11.4 Å². The van der Waals surface area contributed by atoms with E-state index in [1.54, 1.807) is 28.1 Å². The Balaban J connectivity index is 1.73. The molecule has 0 unspecified atom stereocenters. The van der Waals surface area contributed by atoms with Gasteiger partial charge in [-0.2, -0.15) is 0 Å². The molecule has 27 heavy (non-hydrogen) atoms. The molecular formula is C20H22FN3O3. The second-order valence-electron chi connectivity index (χ2n) is 6.52. The summed E-state index contributed by atoms with van der Waals surface area (Å²) in [4.78, 5) is 43.1. The lowest BCUT2D eigenvalue weighted by Crippen LogP contribution is -2.39. The highest BCUT2D eigenvalue weighted by Gasteiger charge is 2.26. The molecule has 2 aromatic rings. The number of halogens is 1. The van der Waals surface area contributed by atoms with Crippen molar-refractivity contribution >= 4 is 11.8 Å². The number of benzene rings is 1. The Hall–Kier alpha value is -2.96. The fourth-order valence-electron chi connectivity index (χ4n) is 3.19. The van der Waals surface area contributed by atoms with Crippen LogP contribution in [-0.4, -0.2) is 52.8 Å². The molecule has 1 aromatic carbocycles. The number of carbonyl (C=O) groups is 2. The van der Waals surface area contributed by atoms with E-state index in [1.165, 1.54) is 18.2 Å². The maximum Gasteiger partial charge on any atom is 0.260 e. The van der Waals surface area contributed by atoms with Crippen LogP contribution in [0.5, 0.6) is 0 Å². The molecule has 2 amide bonds. The van der Waals surface area contributed by atoms with Crippen LogP contribution in [0.4, 0.5) is 4.39 Å². The molecule has 2 heterocycles. The molecule has 1 N–H and O–H groups in total. The van der Waals surface area contributed by atoms with E-state index >= 15 is 0 Å². The predicted octanol–water partition coefficient (Wildman–Crippen LogP) is 2.06. The van der Waals surface area contributed by atoms with Crippen molar-refractivity contribution in [1.82, 2.24) is 14.8 Å². The van der Waals surface area contributed by atoms with Gasteiger partial charge in [0.25, 0.3) is 17.4 Å². The highest BCUT2D eigenvalue weighted by Crippen LogP contribution is 2.14. The molecule has 142 valence electrons. The number of carbonyl (C=O) groups excluding carboxylic acids is 2. The number of aryl methyl sites for hydroxylation is 1. The maximum absolute atomic E-state index is 13.9. The van der Waals surface area contributed by atoms with Crippen molar-refractivity contribution in [3.05, 3.63) is 69.4 Å². The summed E-state index contributed by atoms with van der Waals surface area (Å²) >= 11 is 0. The highest BCUT2D eigenvalue weighted by atomic mass is 19.1. The summed E-state index contributed by atoms with van der Waals surface area (Å²) in [6.45, 7) is 3.41. The minimum absolute atomic E-state index is 0.0318. The summed E-state index contributed by atoms with van der Waals surface area (Å²) in [5.74, 6) is -1.28. The predicted molar refractivity (Wildman–Crippen MR) is 99.3 cm³/mol. The molecule has 0 saturated carbocycles. The largest absolute Gasteiger partial charge is 0.337 e. The molecule has 0 bridgehead atoms. The van der Waals surface area contributed by atoms with Gasteiger partial charge in [-0.1, -0.05) is 19.1 Å².